The van der Waals surface area contributed by atoms with Crippen LogP contribution in [0.2, 0.25) is 5.02 Å². The van der Waals surface area contributed by atoms with E-state index < -0.39 is 18.1 Å². The molecule has 0 aliphatic rings. The Bertz CT molecular complexity index is 335. The molecular formula is C11H12ClFO2. The molecular weight excluding hydrogens is 219 g/mol. The van der Waals surface area contributed by atoms with Gasteiger partial charge in [-0.05, 0) is 24.6 Å². The Balaban J connectivity index is 2.88. The molecule has 2 atom stereocenters. The highest BCUT2D eigenvalue weighted by Gasteiger charge is 2.21. The summed E-state index contributed by atoms with van der Waals surface area (Å²) < 4.78 is 13.2. The van der Waals surface area contributed by atoms with Crippen LogP contribution in [0.3, 0.4) is 0 Å². The highest BCUT2D eigenvalue weighted by atomic mass is 35.5. The molecule has 1 rings (SSSR count). The molecule has 0 aliphatic carbocycles. The Hall–Kier alpha value is -1.09. The minimum atomic E-state index is -1.19. The van der Waals surface area contributed by atoms with Crippen LogP contribution in [0.1, 0.15) is 24.8 Å². The summed E-state index contributed by atoms with van der Waals surface area (Å²) in [6, 6.07) is 6.58. The predicted octanol–water partition coefficient (Wildman–Crippen LogP) is 3.26. The van der Waals surface area contributed by atoms with Crippen molar-refractivity contribution in [2.45, 2.75) is 25.4 Å². The number of rotatable bonds is 4. The zero-order valence-corrected chi connectivity index (χ0v) is 9.04. The Kier molecular flexibility index (Phi) is 4.09. The monoisotopic (exact) mass is 230 g/mol. The molecule has 15 heavy (non-hydrogen) atoms. The fourth-order valence-corrected chi connectivity index (χ4v) is 1.57. The third-order valence-corrected chi connectivity index (χ3v) is 2.50. The average molecular weight is 231 g/mol. The van der Waals surface area contributed by atoms with Gasteiger partial charge >= 0.3 is 5.97 Å². The summed E-state index contributed by atoms with van der Waals surface area (Å²) in [5.41, 5.74) is 0.664. The minimum absolute atomic E-state index is 0.209. The van der Waals surface area contributed by atoms with E-state index in [0.29, 0.717) is 10.6 Å². The smallest absolute Gasteiger partial charge is 0.304 e. The molecule has 0 saturated heterocycles. The summed E-state index contributed by atoms with van der Waals surface area (Å²) in [5, 5.41) is 9.21. The first-order chi connectivity index (χ1) is 7.00. The van der Waals surface area contributed by atoms with Crippen molar-refractivity contribution in [3.8, 4) is 0 Å². The molecule has 0 spiro atoms. The lowest BCUT2D eigenvalue weighted by Crippen LogP contribution is -2.14. The van der Waals surface area contributed by atoms with Crippen molar-refractivity contribution in [1.82, 2.24) is 0 Å². The number of hydrogen-bond donors (Lipinski definition) is 1. The van der Waals surface area contributed by atoms with Gasteiger partial charge in [0.2, 0.25) is 0 Å². The number of hydrogen-bond acceptors (Lipinski definition) is 1. The van der Waals surface area contributed by atoms with Crippen molar-refractivity contribution >= 4 is 17.6 Å². The number of benzene rings is 1. The Labute approximate surface area is 92.7 Å². The molecule has 0 radical (unpaired) electrons. The zero-order valence-electron chi connectivity index (χ0n) is 8.28. The van der Waals surface area contributed by atoms with E-state index in [2.05, 4.69) is 0 Å². The highest BCUT2D eigenvalue weighted by Crippen LogP contribution is 2.26. The first kappa shape index (κ1) is 12.0. The number of aliphatic carboxylic acids is 1. The summed E-state index contributed by atoms with van der Waals surface area (Å²) in [6.45, 7) is 1.36. The summed E-state index contributed by atoms with van der Waals surface area (Å²) in [5.74, 6) is -1.61. The Morgan fingerprint density at radius 2 is 2.00 bits per heavy atom. The largest absolute Gasteiger partial charge is 0.481 e. The standard InChI is InChI=1S/C11H12ClFO2/c1-7(13)10(6-11(14)15)8-2-4-9(12)5-3-8/h2-5,7,10H,6H2,1H3,(H,14,15). The van der Waals surface area contributed by atoms with Crippen LogP contribution < -0.4 is 0 Å². The van der Waals surface area contributed by atoms with Crippen molar-refractivity contribution in [2.24, 2.45) is 0 Å². The molecule has 0 fully saturated rings. The zero-order chi connectivity index (χ0) is 11.4. The van der Waals surface area contributed by atoms with Crippen LogP contribution in [-0.4, -0.2) is 17.2 Å². The topological polar surface area (TPSA) is 37.3 Å². The van der Waals surface area contributed by atoms with Crippen LogP contribution >= 0.6 is 11.6 Å². The molecule has 1 N–H and O–H groups in total. The highest BCUT2D eigenvalue weighted by molar-refractivity contribution is 6.30. The third kappa shape index (κ3) is 3.51. The minimum Gasteiger partial charge on any atom is -0.481 e. The predicted molar refractivity (Wildman–Crippen MR) is 57.0 cm³/mol. The van der Waals surface area contributed by atoms with Crippen LogP contribution in [0.5, 0.6) is 0 Å². The number of alkyl halides is 1. The van der Waals surface area contributed by atoms with Crippen LogP contribution in [0.15, 0.2) is 24.3 Å². The van der Waals surface area contributed by atoms with Gasteiger partial charge in [0.05, 0.1) is 6.42 Å². The first-order valence-corrected chi connectivity index (χ1v) is 5.00. The summed E-state index contributed by atoms with van der Waals surface area (Å²) in [7, 11) is 0. The van der Waals surface area contributed by atoms with Gasteiger partial charge in [0.15, 0.2) is 0 Å². The Morgan fingerprint density at radius 1 is 1.47 bits per heavy atom. The molecule has 0 bridgehead atoms. The van der Waals surface area contributed by atoms with E-state index in [1.54, 1.807) is 24.3 Å². The first-order valence-electron chi connectivity index (χ1n) is 4.62. The van der Waals surface area contributed by atoms with E-state index in [9.17, 15) is 9.18 Å². The van der Waals surface area contributed by atoms with E-state index in [4.69, 9.17) is 16.7 Å². The van der Waals surface area contributed by atoms with Gasteiger partial charge in [-0.2, -0.15) is 0 Å². The van der Waals surface area contributed by atoms with E-state index >= 15 is 0 Å². The molecule has 2 nitrogen and oxygen atoms in total. The van der Waals surface area contributed by atoms with Crippen molar-refractivity contribution in [2.75, 3.05) is 0 Å². The molecule has 0 aliphatic heterocycles. The molecule has 0 amide bonds. The van der Waals surface area contributed by atoms with Gasteiger partial charge in [0.25, 0.3) is 0 Å². The van der Waals surface area contributed by atoms with Crippen molar-refractivity contribution in [1.29, 1.82) is 0 Å². The SMILES string of the molecule is CC(F)C(CC(=O)O)c1ccc(Cl)cc1. The molecule has 82 valence electrons. The molecule has 0 heterocycles. The molecule has 4 heteroatoms. The van der Waals surface area contributed by atoms with Crippen LogP contribution in [-0.2, 0) is 4.79 Å². The summed E-state index contributed by atoms with van der Waals surface area (Å²) in [6.07, 6.45) is -1.40. The molecule has 2 unspecified atom stereocenters. The second-order valence-electron chi connectivity index (χ2n) is 3.43. The maximum absolute atomic E-state index is 13.2. The van der Waals surface area contributed by atoms with Gasteiger partial charge in [-0.1, -0.05) is 23.7 Å². The molecule has 1 aromatic carbocycles. The number of carbonyl (C=O) groups is 1. The lowest BCUT2D eigenvalue weighted by molar-refractivity contribution is -0.137. The van der Waals surface area contributed by atoms with Crippen molar-refractivity contribution in [3.05, 3.63) is 34.9 Å². The molecule has 0 aromatic heterocycles. The lowest BCUT2D eigenvalue weighted by Gasteiger charge is -2.16. The van der Waals surface area contributed by atoms with Gasteiger partial charge in [-0.3, -0.25) is 4.79 Å². The fourth-order valence-electron chi connectivity index (χ4n) is 1.44. The maximum atomic E-state index is 13.2. The van der Waals surface area contributed by atoms with Gasteiger partial charge in [0.1, 0.15) is 6.17 Å². The van der Waals surface area contributed by atoms with E-state index in [1.165, 1.54) is 6.92 Å². The van der Waals surface area contributed by atoms with Gasteiger partial charge in [0, 0.05) is 10.9 Å². The molecule has 1 aromatic rings. The maximum Gasteiger partial charge on any atom is 0.304 e. The number of halogens is 2. The lowest BCUT2D eigenvalue weighted by atomic mass is 9.92. The van der Waals surface area contributed by atoms with Crippen molar-refractivity contribution < 1.29 is 14.3 Å². The van der Waals surface area contributed by atoms with E-state index in [-0.39, 0.29) is 6.42 Å². The fraction of sp³-hybridized carbons (Fsp3) is 0.364. The number of carboxylic acids is 1. The van der Waals surface area contributed by atoms with Gasteiger partial charge < -0.3 is 5.11 Å². The average Bonchev–Trinajstić information content (AvgIpc) is 2.15. The third-order valence-electron chi connectivity index (χ3n) is 2.25. The Morgan fingerprint density at radius 3 is 2.40 bits per heavy atom. The second kappa shape index (κ2) is 5.12. The van der Waals surface area contributed by atoms with Crippen LogP contribution in [0, 0.1) is 0 Å². The quantitative estimate of drug-likeness (QED) is 0.862. The number of carboxylic acid groups (broad SMARTS) is 1. The molecule has 0 saturated carbocycles. The normalized spacial score (nSPS) is 14.6. The van der Waals surface area contributed by atoms with Crippen LogP contribution in [0.4, 0.5) is 4.39 Å². The van der Waals surface area contributed by atoms with E-state index in [0.717, 1.165) is 0 Å². The second-order valence-corrected chi connectivity index (χ2v) is 3.87. The van der Waals surface area contributed by atoms with E-state index in [1.807, 2.05) is 0 Å². The van der Waals surface area contributed by atoms with Crippen molar-refractivity contribution in [3.63, 3.8) is 0 Å². The van der Waals surface area contributed by atoms with Gasteiger partial charge in [-0.15, -0.1) is 0 Å². The van der Waals surface area contributed by atoms with Crippen LogP contribution in [0.25, 0.3) is 0 Å². The van der Waals surface area contributed by atoms with Gasteiger partial charge in [-0.25, -0.2) is 4.39 Å². The summed E-state index contributed by atoms with van der Waals surface area (Å²) in [4.78, 5) is 10.6. The summed E-state index contributed by atoms with van der Waals surface area (Å²) >= 11 is 5.69.